The summed E-state index contributed by atoms with van der Waals surface area (Å²) in [4.78, 5) is 4.47. The number of hydrogen-bond acceptors (Lipinski definition) is 3. The van der Waals surface area contributed by atoms with Gasteiger partial charge in [0.05, 0.1) is 0 Å². The molecule has 0 unspecified atom stereocenters. The lowest BCUT2D eigenvalue weighted by atomic mass is 10.1. The zero-order chi connectivity index (χ0) is 13.5. The molecule has 0 aliphatic rings. The van der Waals surface area contributed by atoms with Gasteiger partial charge in [-0.2, -0.15) is 0 Å². The van der Waals surface area contributed by atoms with E-state index in [9.17, 15) is 0 Å². The summed E-state index contributed by atoms with van der Waals surface area (Å²) in [5.41, 5.74) is 8.02. The summed E-state index contributed by atoms with van der Waals surface area (Å²) in [5, 5.41) is 0.817. The lowest BCUT2D eigenvalue weighted by Gasteiger charge is -2.24. The minimum absolute atomic E-state index is 0.627. The quantitative estimate of drug-likeness (QED) is 0.824. The maximum absolute atomic E-state index is 6.25. The van der Waals surface area contributed by atoms with Crippen LogP contribution in [0.15, 0.2) is 18.2 Å². The highest BCUT2D eigenvalue weighted by molar-refractivity contribution is 6.31. The van der Waals surface area contributed by atoms with Crippen LogP contribution in [0, 0.1) is 0 Å². The molecule has 0 spiro atoms. The average Bonchev–Trinajstić information content (AvgIpc) is 2.31. The lowest BCUT2D eigenvalue weighted by Crippen LogP contribution is -2.24. The summed E-state index contributed by atoms with van der Waals surface area (Å²) in [6, 6.07) is 6.05. The Kier molecular flexibility index (Phi) is 6.47. The molecule has 0 saturated heterocycles. The van der Waals surface area contributed by atoms with Gasteiger partial charge >= 0.3 is 0 Å². The van der Waals surface area contributed by atoms with Crippen LogP contribution in [0.1, 0.15) is 12.0 Å². The molecular weight excluding hydrogens is 246 g/mol. The van der Waals surface area contributed by atoms with E-state index in [4.69, 9.17) is 17.3 Å². The number of nitrogens with two attached hydrogens (primary N) is 1. The molecule has 0 saturated carbocycles. The minimum atomic E-state index is 0.627. The van der Waals surface area contributed by atoms with E-state index in [1.54, 1.807) is 0 Å². The molecule has 0 fully saturated rings. The van der Waals surface area contributed by atoms with Crippen molar-refractivity contribution in [3.63, 3.8) is 0 Å². The Morgan fingerprint density at radius 1 is 1.17 bits per heavy atom. The highest BCUT2D eigenvalue weighted by Crippen LogP contribution is 2.27. The molecule has 0 radical (unpaired) electrons. The SMILES string of the molecule is CN(C)CCCN(C)c1cccc(Cl)c1CCN. The van der Waals surface area contributed by atoms with Crippen LogP contribution < -0.4 is 10.6 Å². The second-order valence-corrected chi connectivity index (χ2v) is 5.26. The van der Waals surface area contributed by atoms with Crippen LogP contribution in [0.2, 0.25) is 5.02 Å². The van der Waals surface area contributed by atoms with Crippen molar-refractivity contribution < 1.29 is 0 Å². The molecule has 4 heteroatoms. The van der Waals surface area contributed by atoms with Crippen LogP contribution >= 0.6 is 11.6 Å². The molecule has 102 valence electrons. The fourth-order valence-corrected chi connectivity index (χ4v) is 2.31. The monoisotopic (exact) mass is 269 g/mol. The number of nitrogens with zero attached hydrogens (tertiary/aromatic N) is 2. The molecule has 0 aliphatic carbocycles. The third-order valence-corrected chi connectivity index (χ3v) is 3.35. The molecule has 1 aromatic rings. The number of benzene rings is 1. The van der Waals surface area contributed by atoms with E-state index < -0.39 is 0 Å². The van der Waals surface area contributed by atoms with Crippen molar-refractivity contribution in [3.05, 3.63) is 28.8 Å². The standard InChI is InChI=1S/C14H24ClN3/c1-17(2)10-5-11-18(3)14-7-4-6-13(15)12(14)8-9-16/h4,6-7H,5,8-11,16H2,1-3H3. The lowest BCUT2D eigenvalue weighted by molar-refractivity contribution is 0.401. The molecular formula is C14H24ClN3. The second kappa shape index (κ2) is 7.62. The van der Waals surface area contributed by atoms with Gasteiger partial charge in [0.2, 0.25) is 0 Å². The summed E-state index contributed by atoms with van der Waals surface area (Å²) in [7, 11) is 6.31. The van der Waals surface area contributed by atoms with E-state index in [1.807, 2.05) is 12.1 Å². The first kappa shape index (κ1) is 15.3. The van der Waals surface area contributed by atoms with E-state index in [0.717, 1.165) is 36.5 Å². The predicted octanol–water partition coefficient (Wildman–Crippen LogP) is 2.23. The summed E-state index contributed by atoms with van der Waals surface area (Å²) < 4.78 is 0. The third kappa shape index (κ3) is 4.48. The van der Waals surface area contributed by atoms with Crippen molar-refractivity contribution in [2.45, 2.75) is 12.8 Å². The number of anilines is 1. The Morgan fingerprint density at radius 2 is 1.89 bits per heavy atom. The van der Waals surface area contributed by atoms with Crippen molar-refractivity contribution >= 4 is 17.3 Å². The molecule has 2 N–H and O–H groups in total. The van der Waals surface area contributed by atoms with Crippen LogP contribution in [0.5, 0.6) is 0 Å². The Balaban J connectivity index is 2.71. The highest BCUT2D eigenvalue weighted by atomic mass is 35.5. The molecule has 0 bridgehead atoms. The van der Waals surface area contributed by atoms with E-state index in [-0.39, 0.29) is 0 Å². The van der Waals surface area contributed by atoms with Gasteiger partial charge < -0.3 is 15.5 Å². The zero-order valence-electron chi connectivity index (χ0n) is 11.6. The van der Waals surface area contributed by atoms with Gasteiger partial charge in [-0.1, -0.05) is 17.7 Å². The molecule has 1 aromatic carbocycles. The summed E-state index contributed by atoms with van der Waals surface area (Å²) in [6.07, 6.45) is 1.96. The van der Waals surface area contributed by atoms with Crippen LogP contribution in [0.3, 0.4) is 0 Å². The second-order valence-electron chi connectivity index (χ2n) is 4.85. The van der Waals surface area contributed by atoms with Crippen LogP contribution in [-0.2, 0) is 6.42 Å². The topological polar surface area (TPSA) is 32.5 Å². The van der Waals surface area contributed by atoms with Crippen molar-refractivity contribution in [2.24, 2.45) is 5.73 Å². The van der Waals surface area contributed by atoms with Gasteiger partial charge in [0.25, 0.3) is 0 Å². The van der Waals surface area contributed by atoms with Gasteiger partial charge in [-0.3, -0.25) is 0 Å². The predicted molar refractivity (Wildman–Crippen MR) is 80.7 cm³/mol. The first-order valence-electron chi connectivity index (χ1n) is 6.39. The maximum atomic E-state index is 6.25. The Morgan fingerprint density at radius 3 is 2.50 bits per heavy atom. The van der Waals surface area contributed by atoms with Crippen molar-refractivity contribution in [3.8, 4) is 0 Å². The largest absolute Gasteiger partial charge is 0.374 e. The fraction of sp³-hybridized carbons (Fsp3) is 0.571. The van der Waals surface area contributed by atoms with Crippen molar-refractivity contribution in [1.29, 1.82) is 0 Å². The molecule has 0 aromatic heterocycles. The van der Waals surface area contributed by atoms with Crippen molar-refractivity contribution in [1.82, 2.24) is 4.90 Å². The van der Waals surface area contributed by atoms with Crippen LogP contribution in [-0.4, -0.2) is 45.7 Å². The number of hydrogen-bond donors (Lipinski definition) is 1. The smallest absolute Gasteiger partial charge is 0.0459 e. The number of halogens is 1. The first-order chi connectivity index (χ1) is 8.56. The molecule has 0 atom stereocenters. The van der Waals surface area contributed by atoms with E-state index in [0.29, 0.717) is 6.54 Å². The van der Waals surface area contributed by atoms with E-state index in [2.05, 4.69) is 37.0 Å². The van der Waals surface area contributed by atoms with E-state index >= 15 is 0 Å². The van der Waals surface area contributed by atoms with Crippen molar-refractivity contribution in [2.75, 3.05) is 45.7 Å². The normalized spacial score (nSPS) is 11.0. The van der Waals surface area contributed by atoms with Gasteiger partial charge in [0.15, 0.2) is 0 Å². The van der Waals surface area contributed by atoms with Gasteiger partial charge in [-0.25, -0.2) is 0 Å². The van der Waals surface area contributed by atoms with Gasteiger partial charge in [-0.15, -0.1) is 0 Å². The third-order valence-electron chi connectivity index (χ3n) is 3.00. The fourth-order valence-electron chi connectivity index (χ4n) is 2.04. The molecule has 3 nitrogen and oxygen atoms in total. The molecule has 1 rings (SSSR count). The zero-order valence-corrected chi connectivity index (χ0v) is 12.4. The Bertz CT molecular complexity index is 366. The first-order valence-corrected chi connectivity index (χ1v) is 6.77. The molecule has 0 amide bonds. The summed E-state index contributed by atoms with van der Waals surface area (Å²) in [5.74, 6) is 0. The summed E-state index contributed by atoms with van der Waals surface area (Å²) >= 11 is 6.25. The Labute approximate surface area is 116 Å². The van der Waals surface area contributed by atoms with E-state index in [1.165, 1.54) is 5.69 Å². The molecule has 0 heterocycles. The molecule has 0 aliphatic heterocycles. The average molecular weight is 270 g/mol. The Hall–Kier alpha value is -0.770. The maximum Gasteiger partial charge on any atom is 0.0459 e. The summed E-state index contributed by atoms with van der Waals surface area (Å²) in [6.45, 7) is 2.75. The molecule has 18 heavy (non-hydrogen) atoms. The highest BCUT2D eigenvalue weighted by Gasteiger charge is 2.10. The van der Waals surface area contributed by atoms with Crippen LogP contribution in [0.4, 0.5) is 5.69 Å². The minimum Gasteiger partial charge on any atom is -0.374 e. The van der Waals surface area contributed by atoms with Gasteiger partial charge in [0.1, 0.15) is 0 Å². The van der Waals surface area contributed by atoms with Gasteiger partial charge in [-0.05, 0) is 57.7 Å². The number of rotatable bonds is 7. The van der Waals surface area contributed by atoms with Gasteiger partial charge in [0, 0.05) is 24.3 Å². The van der Waals surface area contributed by atoms with Crippen LogP contribution in [0.25, 0.3) is 0 Å².